The first-order valence-electron chi connectivity index (χ1n) is 4.05. The highest BCUT2D eigenvalue weighted by molar-refractivity contribution is 5.27. The molecule has 1 fully saturated rings. The van der Waals surface area contributed by atoms with Gasteiger partial charge in [0.15, 0.2) is 0 Å². The number of rotatable bonds is 2. The van der Waals surface area contributed by atoms with Crippen LogP contribution in [0.1, 0.15) is 18.2 Å². The van der Waals surface area contributed by atoms with E-state index >= 15 is 0 Å². The molecular formula is C8H9F2N3. The predicted molar refractivity (Wildman–Crippen MR) is 43.3 cm³/mol. The number of hydrogen-bond acceptors (Lipinski definition) is 3. The minimum atomic E-state index is -2.27. The number of nitrogens with zero attached hydrogens (tertiary/aromatic N) is 2. The molecule has 2 atom stereocenters. The van der Waals surface area contributed by atoms with Crippen LogP contribution in [0, 0.1) is 5.92 Å². The summed E-state index contributed by atoms with van der Waals surface area (Å²) in [6.45, 7) is 0. The van der Waals surface area contributed by atoms with E-state index in [-0.39, 0.29) is 5.92 Å². The summed E-state index contributed by atoms with van der Waals surface area (Å²) in [6, 6.07) is 1.54. The van der Waals surface area contributed by atoms with Crippen molar-refractivity contribution in [3.05, 3.63) is 18.1 Å². The Labute approximate surface area is 74.0 Å². The van der Waals surface area contributed by atoms with Crippen LogP contribution in [0.3, 0.4) is 0 Å². The minimum Gasteiger partial charge on any atom is -0.384 e. The quantitative estimate of drug-likeness (QED) is 0.758. The number of nitrogens with two attached hydrogens (primary N) is 1. The zero-order valence-electron chi connectivity index (χ0n) is 6.82. The summed E-state index contributed by atoms with van der Waals surface area (Å²) in [5.41, 5.74) is 5.41. The number of alkyl halides is 2. The van der Waals surface area contributed by atoms with Crippen LogP contribution >= 0.6 is 0 Å². The summed E-state index contributed by atoms with van der Waals surface area (Å²) in [4.78, 5) is 7.81. The van der Waals surface area contributed by atoms with Gasteiger partial charge in [-0.15, -0.1) is 0 Å². The molecule has 1 aliphatic rings. The van der Waals surface area contributed by atoms with Gasteiger partial charge in [-0.3, -0.25) is 0 Å². The second kappa shape index (κ2) is 2.90. The van der Waals surface area contributed by atoms with E-state index in [1.807, 2.05) is 0 Å². The molecule has 70 valence electrons. The second-order valence-corrected chi connectivity index (χ2v) is 3.18. The van der Waals surface area contributed by atoms with Crippen LogP contribution in [0.2, 0.25) is 0 Å². The molecule has 0 aromatic carbocycles. The molecule has 0 bridgehead atoms. The average molecular weight is 185 g/mol. The lowest BCUT2D eigenvalue weighted by molar-refractivity contribution is 0.120. The van der Waals surface area contributed by atoms with E-state index in [0.29, 0.717) is 18.1 Å². The first-order valence-corrected chi connectivity index (χ1v) is 4.05. The van der Waals surface area contributed by atoms with Crippen molar-refractivity contribution in [2.75, 3.05) is 5.73 Å². The summed E-state index contributed by atoms with van der Waals surface area (Å²) in [5.74, 6) is 0.0283. The van der Waals surface area contributed by atoms with Crippen LogP contribution in [0.25, 0.3) is 0 Å². The van der Waals surface area contributed by atoms with Crippen LogP contribution in [-0.2, 0) is 0 Å². The molecule has 0 aliphatic heterocycles. The Bertz CT molecular complexity index is 316. The summed E-state index contributed by atoms with van der Waals surface area (Å²) >= 11 is 0. The smallest absolute Gasteiger partial charge is 0.242 e. The minimum absolute atomic E-state index is 0.191. The molecule has 13 heavy (non-hydrogen) atoms. The molecule has 2 unspecified atom stereocenters. The third-order valence-corrected chi connectivity index (χ3v) is 2.19. The van der Waals surface area contributed by atoms with Gasteiger partial charge in [-0.1, -0.05) is 0 Å². The Balaban J connectivity index is 2.12. The number of aromatic nitrogens is 2. The largest absolute Gasteiger partial charge is 0.384 e. The Kier molecular flexibility index (Phi) is 1.86. The Morgan fingerprint density at radius 1 is 1.54 bits per heavy atom. The molecule has 1 aromatic heterocycles. The molecule has 0 radical (unpaired) electrons. The maximum Gasteiger partial charge on any atom is 0.242 e. The van der Waals surface area contributed by atoms with Crippen molar-refractivity contribution in [2.24, 2.45) is 5.92 Å². The standard InChI is InChI=1S/C8H9F2N3/c9-7(10)4-3-5(4)8-12-2-1-6(11)13-8/h1-2,4-5,7H,3H2,(H2,11,12,13). The molecule has 1 heterocycles. The van der Waals surface area contributed by atoms with Crippen molar-refractivity contribution in [3.63, 3.8) is 0 Å². The van der Waals surface area contributed by atoms with Gasteiger partial charge in [0.05, 0.1) is 0 Å². The van der Waals surface area contributed by atoms with Gasteiger partial charge in [-0.05, 0) is 12.5 Å². The summed E-state index contributed by atoms with van der Waals surface area (Å²) < 4.78 is 24.3. The molecule has 1 aromatic rings. The van der Waals surface area contributed by atoms with Gasteiger partial charge in [0.2, 0.25) is 6.43 Å². The van der Waals surface area contributed by atoms with Gasteiger partial charge in [0.1, 0.15) is 11.6 Å². The van der Waals surface area contributed by atoms with Gasteiger partial charge >= 0.3 is 0 Å². The van der Waals surface area contributed by atoms with Crippen molar-refractivity contribution < 1.29 is 8.78 Å². The fourth-order valence-corrected chi connectivity index (χ4v) is 1.36. The summed E-state index contributed by atoms with van der Waals surface area (Å²) in [5, 5.41) is 0. The second-order valence-electron chi connectivity index (χ2n) is 3.18. The third-order valence-electron chi connectivity index (χ3n) is 2.19. The molecule has 0 amide bonds. The Hall–Kier alpha value is -1.26. The Morgan fingerprint density at radius 2 is 2.31 bits per heavy atom. The molecule has 3 nitrogen and oxygen atoms in total. The number of nitrogen functional groups attached to an aromatic ring is 1. The van der Waals surface area contributed by atoms with E-state index in [4.69, 9.17) is 5.73 Å². The summed E-state index contributed by atoms with van der Waals surface area (Å²) in [6.07, 6.45) is -0.297. The van der Waals surface area contributed by atoms with Crippen LogP contribution in [-0.4, -0.2) is 16.4 Å². The third kappa shape index (κ3) is 1.59. The van der Waals surface area contributed by atoms with Crippen molar-refractivity contribution in [1.29, 1.82) is 0 Å². The zero-order valence-corrected chi connectivity index (χ0v) is 6.82. The van der Waals surface area contributed by atoms with E-state index in [1.165, 1.54) is 6.20 Å². The molecule has 2 rings (SSSR count). The number of halogens is 2. The lowest BCUT2D eigenvalue weighted by atomic mass is 10.3. The van der Waals surface area contributed by atoms with Gasteiger partial charge in [0.25, 0.3) is 0 Å². The van der Waals surface area contributed by atoms with Gasteiger partial charge in [-0.25, -0.2) is 18.7 Å². The van der Waals surface area contributed by atoms with E-state index in [1.54, 1.807) is 6.07 Å². The molecular weight excluding hydrogens is 176 g/mol. The molecule has 0 saturated heterocycles. The SMILES string of the molecule is Nc1ccnc(C2CC2C(F)F)n1. The van der Waals surface area contributed by atoms with Crippen LogP contribution in [0.4, 0.5) is 14.6 Å². The molecule has 2 N–H and O–H groups in total. The van der Waals surface area contributed by atoms with Crippen molar-refractivity contribution in [2.45, 2.75) is 18.8 Å². The van der Waals surface area contributed by atoms with Crippen molar-refractivity contribution in [1.82, 2.24) is 9.97 Å². The predicted octanol–water partition coefficient (Wildman–Crippen LogP) is 1.43. The van der Waals surface area contributed by atoms with Crippen LogP contribution in [0.15, 0.2) is 12.3 Å². The fourth-order valence-electron chi connectivity index (χ4n) is 1.36. The van der Waals surface area contributed by atoms with Crippen molar-refractivity contribution >= 4 is 5.82 Å². The highest BCUT2D eigenvalue weighted by Crippen LogP contribution is 2.49. The van der Waals surface area contributed by atoms with Gasteiger partial charge in [0, 0.05) is 18.0 Å². The fraction of sp³-hybridized carbons (Fsp3) is 0.500. The maximum atomic E-state index is 12.2. The molecule has 1 saturated carbocycles. The maximum absolute atomic E-state index is 12.2. The number of anilines is 1. The molecule has 0 spiro atoms. The Morgan fingerprint density at radius 3 is 2.85 bits per heavy atom. The van der Waals surface area contributed by atoms with E-state index in [0.717, 1.165) is 0 Å². The lowest BCUT2D eigenvalue weighted by Gasteiger charge is -1.98. The van der Waals surface area contributed by atoms with E-state index in [2.05, 4.69) is 9.97 Å². The zero-order chi connectivity index (χ0) is 9.42. The van der Waals surface area contributed by atoms with E-state index in [9.17, 15) is 8.78 Å². The first-order chi connectivity index (χ1) is 6.18. The van der Waals surface area contributed by atoms with E-state index < -0.39 is 12.3 Å². The molecule has 1 aliphatic carbocycles. The number of hydrogen-bond donors (Lipinski definition) is 1. The van der Waals surface area contributed by atoms with Crippen molar-refractivity contribution in [3.8, 4) is 0 Å². The normalized spacial score (nSPS) is 26.4. The van der Waals surface area contributed by atoms with Crippen LogP contribution < -0.4 is 5.73 Å². The monoisotopic (exact) mass is 185 g/mol. The average Bonchev–Trinajstić information content (AvgIpc) is 2.82. The van der Waals surface area contributed by atoms with Crippen LogP contribution in [0.5, 0.6) is 0 Å². The highest BCUT2D eigenvalue weighted by atomic mass is 19.3. The lowest BCUT2D eigenvalue weighted by Crippen LogP contribution is -2.01. The summed E-state index contributed by atoms with van der Waals surface area (Å²) in [7, 11) is 0. The van der Waals surface area contributed by atoms with Gasteiger partial charge < -0.3 is 5.73 Å². The topological polar surface area (TPSA) is 51.8 Å². The van der Waals surface area contributed by atoms with Gasteiger partial charge in [-0.2, -0.15) is 0 Å². The first kappa shape index (κ1) is 8.34. The molecule has 5 heteroatoms. The highest BCUT2D eigenvalue weighted by Gasteiger charge is 2.46.